The molecular weight excluding hydrogens is 480 g/mol. The van der Waals surface area contributed by atoms with Gasteiger partial charge in [0.2, 0.25) is 0 Å². The number of piperazine rings is 1. The van der Waals surface area contributed by atoms with Crippen LogP contribution in [0, 0.1) is 0 Å². The zero-order valence-electron chi connectivity index (χ0n) is 21.3. The molecule has 38 heavy (non-hydrogen) atoms. The molecule has 194 valence electrons. The van der Waals surface area contributed by atoms with E-state index in [4.69, 9.17) is 0 Å². The lowest BCUT2D eigenvalue weighted by Gasteiger charge is -2.46. The first-order valence-corrected chi connectivity index (χ1v) is 12.6. The fourth-order valence-electron chi connectivity index (χ4n) is 5.26. The number of aliphatic carboxylic acids is 1. The van der Waals surface area contributed by atoms with Gasteiger partial charge in [-0.1, -0.05) is 72.8 Å². The molecule has 8 heteroatoms. The summed E-state index contributed by atoms with van der Waals surface area (Å²) in [5, 5.41) is 10.3. The van der Waals surface area contributed by atoms with E-state index in [0.717, 1.165) is 5.56 Å². The normalized spacial score (nSPS) is 18.9. The first kappa shape index (κ1) is 25.1. The first-order valence-electron chi connectivity index (χ1n) is 12.6. The second kappa shape index (κ2) is 10.4. The van der Waals surface area contributed by atoms with E-state index in [1.54, 1.807) is 16.8 Å². The van der Waals surface area contributed by atoms with E-state index in [2.05, 4.69) is 0 Å². The van der Waals surface area contributed by atoms with Crippen LogP contribution in [0.3, 0.4) is 0 Å². The van der Waals surface area contributed by atoms with Crippen molar-refractivity contribution in [3.8, 4) is 0 Å². The molecule has 2 aliphatic rings. The van der Waals surface area contributed by atoms with Crippen LogP contribution in [0.15, 0.2) is 103 Å². The number of fused-ring (bicyclic) bond motifs is 2. The average molecular weight is 511 g/mol. The molecule has 0 spiro atoms. The summed E-state index contributed by atoms with van der Waals surface area (Å²) in [5.74, 6) is -1.14. The highest BCUT2D eigenvalue weighted by molar-refractivity contribution is 6.01. The van der Waals surface area contributed by atoms with Crippen LogP contribution in [0.5, 0.6) is 0 Å². The highest BCUT2D eigenvalue weighted by atomic mass is 16.4. The molecule has 0 aromatic heterocycles. The summed E-state index contributed by atoms with van der Waals surface area (Å²) < 4.78 is 0. The third-order valence-electron chi connectivity index (χ3n) is 7.36. The van der Waals surface area contributed by atoms with Gasteiger partial charge in [-0.25, -0.2) is 14.4 Å². The van der Waals surface area contributed by atoms with Crippen molar-refractivity contribution in [2.45, 2.75) is 31.5 Å². The number of hydrogen-bond acceptors (Lipinski definition) is 3. The smallest absolute Gasteiger partial charge is 0.330 e. The Bertz CT molecular complexity index is 1310. The van der Waals surface area contributed by atoms with E-state index in [0.29, 0.717) is 23.5 Å². The number of anilines is 2. The molecule has 0 radical (unpaired) electrons. The zero-order valence-corrected chi connectivity index (χ0v) is 21.3. The average Bonchev–Trinajstić information content (AvgIpc) is 3.25. The monoisotopic (exact) mass is 510 g/mol. The van der Waals surface area contributed by atoms with Gasteiger partial charge < -0.3 is 14.9 Å². The van der Waals surface area contributed by atoms with Gasteiger partial charge in [0.25, 0.3) is 0 Å². The number of carbonyl (C=O) groups is 3. The number of urea groups is 2. The fraction of sp³-hybridized carbons (Fsp3) is 0.233. The van der Waals surface area contributed by atoms with Crippen LogP contribution >= 0.6 is 0 Å². The van der Waals surface area contributed by atoms with Gasteiger partial charge in [0.05, 0.1) is 30.0 Å². The van der Waals surface area contributed by atoms with Crippen LogP contribution in [0.4, 0.5) is 21.0 Å². The van der Waals surface area contributed by atoms with E-state index >= 15 is 0 Å². The number of benzene rings is 3. The highest BCUT2D eigenvalue weighted by Crippen LogP contribution is 2.37. The maximum atomic E-state index is 14.1. The molecule has 0 saturated carbocycles. The molecule has 3 atom stereocenters. The lowest BCUT2D eigenvalue weighted by molar-refractivity contribution is -0.144. The van der Waals surface area contributed by atoms with Gasteiger partial charge in [-0.2, -0.15) is 0 Å². The van der Waals surface area contributed by atoms with Crippen molar-refractivity contribution in [2.24, 2.45) is 0 Å². The first-order chi connectivity index (χ1) is 18.4. The summed E-state index contributed by atoms with van der Waals surface area (Å²) >= 11 is 0. The van der Waals surface area contributed by atoms with E-state index in [1.165, 1.54) is 9.80 Å². The Morgan fingerprint density at radius 3 is 1.89 bits per heavy atom. The Hall–Kier alpha value is -4.59. The molecule has 4 amide bonds. The molecule has 2 bridgehead atoms. The summed E-state index contributed by atoms with van der Waals surface area (Å²) in [6.07, 6.45) is 2.24. The quantitative estimate of drug-likeness (QED) is 0.492. The van der Waals surface area contributed by atoms with Gasteiger partial charge in [0, 0.05) is 12.7 Å². The Labute approximate surface area is 222 Å². The Morgan fingerprint density at radius 2 is 1.37 bits per heavy atom. The van der Waals surface area contributed by atoms with Crippen LogP contribution in [-0.2, 0) is 4.79 Å². The molecular formula is C30H30N4O4. The number of nitrogens with zero attached hydrogens (tertiary/aromatic N) is 4. The van der Waals surface area contributed by atoms with Crippen molar-refractivity contribution in [3.63, 3.8) is 0 Å². The molecule has 2 unspecified atom stereocenters. The zero-order chi connectivity index (χ0) is 26.8. The molecule has 2 aliphatic heterocycles. The second-order valence-electron chi connectivity index (χ2n) is 9.55. The summed E-state index contributed by atoms with van der Waals surface area (Å²) in [7, 11) is 1.72. The van der Waals surface area contributed by atoms with Crippen molar-refractivity contribution < 1.29 is 19.5 Å². The summed E-state index contributed by atoms with van der Waals surface area (Å²) in [6.45, 7) is 1.96. The molecule has 1 saturated heterocycles. The number of carboxylic acid groups (broad SMARTS) is 1. The molecule has 3 aromatic carbocycles. The van der Waals surface area contributed by atoms with Crippen LogP contribution in [0.25, 0.3) is 0 Å². The SMILES string of the molecule is CC(c1ccccc1)N(C)C(=O)N1C2=CCC1[C@@H](C(=O)O)N(C(=O)N(c1ccccc1)c1ccccc1)C2. The lowest BCUT2D eigenvalue weighted by Crippen LogP contribution is -2.64. The predicted molar refractivity (Wildman–Crippen MR) is 145 cm³/mol. The van der Waals surface area contributed by atoms with Crippen molar-refractivity contribution in [3.05, 3.63) is 108 Å². The van der Waals surface area contributed by atoms with Gasteiger partial charge in [0.15, 0.2) is 6.04 Å². The molecule has 5 rings (SSSR count). The van der Waals surface area contributed by atoms with Gasteiger partial charge >= 0.3 is 18.0 Å². The molecule has 3 aromatic rings. The van der Waals surface area contributed by atoms with E-state index in [-0.39, 0.29) is 18.6 Å². The van der Waals surface area contributed by atoms with Crippen LogP contribution in [-0.4, -0.2) is 63.5 Å². The van der Waals surface area contributed by atoms with Gasteiger partial charge in [-0.3, -0.25) is 9.80 Å². The van der Waals surface area contributed by atoms with Crippen LogP contribution < -0.4 is 4.90 Å². The minimum absolute atomic E-state index is 0.0156. The summed E-state index contributed by atoms with van der Waals surface area (Å²) in [6, 6.07) is 25.1. The van der Waals surface area contributed by atoms with Crippen molar-refractivity contribution in [1.82, 2.24) is 14.7 Å². The van der Waals surface area contributed by atoms with Crippen molar-refractivity contribution in [1.29, 1.82) is 0 Å². The van der Waals surface area contributed by atoms with Crippen molar-refractivity contribution >= 4 is 29.4 Å². The lowest BCUT2D eigenvalue weighted by atomic mass is 10.0. The highest BCUT2D eigenvalue weighted by Gasteiger charge is 2.51. The molecule has 1 fully saturated rings. The van der Waals surface area contributed by atoms with Crippen LogP contribution in [0.1, 0.15) is 24.9 Å². The summed E-state index contributed by atoms with van der Waals surface area (Å²) in [5.41, 5.74) is 2.88. The second-order valence-corrected chi connectivity index (χ2v) is 9.55. The third-order valence-corrected chi connectivity index (χ3v) is 7.36. The number of carboxylic acids is 1. The summed E-state index contributed by atoms with van der Waals surface area (Å²) in [4.78, 5) is 46.5. The van der Waals surface area contributed by atoms with Crippen molar-refractivity contribution in [2.75, 3.05) is 18.5 Å². The standard InChI is InChI=1S/C30H30N4O4/c1-21(22-12-6-3-7-13-22)31(2)29(37)34-25-18-19-26(34)27(28(35)36)32(20-25)30(38)33(23-14-8-4-9-15-23)24-16-10-5-11-17-24/h3-18,21,26-27H,19-20H2,1-2H3,(H,35,36)/t21?,26?,27-/m0/s1. The van der Waals surface area contributed by atoms with Gasteiger partial charge in [-0.15, -0.1) is 0 Å². The number of hydrogen-bond donors (Lipinski definition) is 1. The van der Waals surface area contributed by atoms with Gasteiger partial charge in [0.1, 0.15) is 0 Å². The van der Waals surface area contributed by atoms with E-state index in [9.17, 15) is 19.5 Å². The molecule has 1 N–H and O–H groups in total. The fourth-order valence-corrected chi connectivity index (χ4v) is 5.26. The third kappa shape index (κ3) is 4.49. The number of rotatable bonds is 5. The van der Waals surface area contributed by atoms with Gasteiger partial charge in [-0.05, 0) is 43.2 Å². The number of carbonyl (C=O) groups excluding carboxylic acids is 2. The van der Waals surface area contributed by atoms with Crippen LogP contribution in [0.2, 0.25) is 0 Å². The maximum Gasteiger partial charge on any atom is 0.330 e. The molecule has 8 nitrogen and oxygen atoms in total. The minimum Gasteiger partial charge on any atom is -0.480 e. The maximum absolute atomic E-state index is 14.1. The van der Waals surface area contributed by atoms with E-state index < -0.39 is 24.1 Å². The Kier molecular flexibility index (Phi) is 6.87. The largest absolute Gasteiger partial charge is 0.480 e. The topological polar surface area (TPSA) is 84.4 Å². The molecule has 2 heterocycles. The predicted octanol–water partition coefficient (Wildman–Crippen LogP) is 5.48. The molecule has 0 aliphatic carbocycles. The Morgan fingerprint density at radius 1 is 0.842 bits per heavy atom. The number of para-hydroxylation sites is 2. The minimum atomic E-state index is -1.20. The number of amides is 4. The Balaban J connectivity index is 1.45. The van der Waals surface area contributed by atoms with E-state index in [1.807, 2.05) is 104 Å².